The average molecular weight is 192 g/mol. The third-order valence-corrected chi connectivity index (χ3v) is 1.99. The molecule has 2 rings (SSSR count). The fraction of sp³-hybridized carbons (Fsp3) is 0.111. The van der Waals surface area contributed by atoms with Crippen LogP contribution in [0.3, 0.4) is 0 Å². The first-order chi connectivity index (χ1) is 6.27. The lowest BCUT2D eigenvalue weighted by atomic mass is 10.2. The summed E-state index contributed by atoms with van der Waals surface area (Å²) < 4.78 is 5.86. The zero-order chi connectivity index (χ0) is 9.26. The van der Waals surface area contributed by atoms with Crippen molar-refractivity contribution < 1.29 is 4.42 Å². The molecule has 0 unspecified atom stereocenters. The molecule has 3 nitrogen and oxygen atoms in total. The summed E-state index contributed by atoms with van der Waals surface area (Å²) in [5.74, 6) is 0.796. The number of rotatable bonds is 1. The van der Waals surface area contributed by atoms with Gasteiger partial charge in [-0.1, -0.05) is 12.2 Å². The van der Waals surface area contributed by atoms with Crippen LogP contribution >= 0.6 is 12.2 Å². The maximum Gasteiger partial charge on any atom is 0.135 e. The lowest BCUT2D eigenvalue weighted by Gasteiger charge is -1.99. The Kier molecular flexibility index (Phi) is 1.98. The highest BCUT2D eigenvalue weighted by Gasteiger charge is 2.04. The number of H-pyrrole nitrogens is 1. The first kappa shape index (κ1) is 8.19. The van der Waals surface area contributed by atoms with Crippen molar-refractivity contribution >= 4 is 12.2 Å². The maximum atomic E-state index is 5.26. The SMILES string of the molecule is Cc1n[nH]c(=S)cc1-c1ccco1. The largest absolute Gasteiger partial charge is 0.464 e. The molecule has 0 atom stereocenters. The fourth-order valence-electron chi connectivity index (χ4n) is 1.15. The molecule has 2 aromatic rings. The van der Waals surface area contributed by atoms with Crippen LogP contribution < -0.4 is 0 Å². The first-order valence-corrected chi connectivity index (χ1v) is 4.28. The summed E-state index contributed by atoms with van der Waals surface area (Å²) in [5.41, 5.74) is 1.82. The zero-order valence-electron chi connectivity index (χ0n) is 7.07. The van der Waals surface area contributed by atoms with E-state index in [4.69, 9.17) is 16.6 Å². The molecule has 0 aliphatic rings. The van der Waals surface area contributed by atoms with Crippen molar-refractivity contribution in [3.05, 3.63) is 34.8 Å². The Labute approximate surface area is 80.4 Å². The number of furan rings is 1. The molecular formula is C9H8N2OS. The highest BCUT2D eigenvalue weighted by atomic mass is 32.1. The van der Waals surface area contributed by atoms with E-state index in [1.54, 1.807) is 6.26 Å². The van der Waals surface area contributed by atoms with Gasteiger partial charge in [-0.2, -0.15) is 5.10 Å². The number of hydrogen-bond donors (Lipinski definition) is 1. The minimum Gasteiger partial charge on any atom is -0.464 e. The molecule has 0 aromatic carbocycles. The highest BCUT2D eigenvalue weighted by Crippen LogP contribution is 2.21. The van der Waals surface area contributed by atoms with Crippen molar-refractivity contribution in [2.45, 2.75) is 6.92 Å². The number of nitrogens with one attached hydrogen (secondary N) is 1. The summed E-state index contributed by atoms with van der Waals surface area (Å²) in [6.07, 6.45) is 1.63. The van der Waals surface area contributed by atoms with Crippen LogP contribution in [0.15, 0.2) is 28.9 Å². The summed E-state index contributed by atoms with van der Waals surface area (Å²) in [4.78, 5) is 0. The molecule has 0 aliphatic carbocycles. The van der Waals surface area contributed by atoms with E-state index in [1.165, 1.54) is 0 Å². The number of nitrogens with zero attached hydrogens (tertiary/aromatic N) is 1. The Hall–Kier alpha value is -1.42. The first-order valence-electron chi connectivity index (χ1n) is 3.87. The Morgan fingerprint density at radius 1 is 1.54 bits per heavy atom. The molecule has 0 saturated carbocycles. The van der Waals surface area contributed by atoms with Gasteiger partial charge in [0.15, 0.2) is 0 Å². The third-order valence-electron chi connectivity index (χ3n) is 1.79. The van der Waals surface area contributed by atoms with Crippen molar-refractivity contribution in [3.63, 3.8) is 0 Å². The monoisotopic (exact) mass is 192 g/mol. The standard InChI is InChI=1S/C9H8N2OS/c1-6-7(5-9(13)11-10-6)8-3-2-4-12-8/h2-5H,1H3,(H,11,13). The molecule has 2 heterocycles. The van der Waals surface area contributed by atoms with Gasteiger partial charge in [0.05, 0.1) is 12.0 Å². The van der Waals surface area contributed by atoms with E-state index >= 15 is 0 Å². The van der Waals surface area contributed by atoms with Crippen molar-refractivity contribution in [2.75, 3.05) is 0 Å². The predicted octanol–water partition coefficient (Wildman–Crippen LogP) is 2.71. The number of aromatic nitrogens is 2. The molecule has 0 spiro atoms. The zero-order valence-corrected chi connectivity index (χ0v) is 7.89. The molecule has 0 aliphatic heterocycles. The molecule has 0 radical (unpaired) electrons. The number of aryl methyl sites for hydroxylation is 1. The summed E-state index contributed by atoms with van der Waals surface area (Å²) in [6, 6.07) is 5.57. The third kappa shape index (κ3) is 1.53. The number of hydrogen-bond acceptors (Lipinski definition) is 3. The van der Waals surface area contributed by atoms with E-state index in [0.717, 1.165) is 17.0 Å². The van der Waals surface area contributed by atoms with E-state index in [-0.39, 0.29) is 0 Å². The van der Waals surface area contributed by atoms with Crippen LogP contribution in [0.4, 0.5) is 0 Å². The van der Waals surface area contributed by atoms with Crippen LogP contribution in [0.25, 0.3) is 11.3 Å². The number of aromatic amines is 1. The van der Waals surface area contributed by atoms with Gasteiger partial charge in [0, 0.05) is 5.56 Å². The minimum atomic E-state index is 0.608. The van der Waals surface area contributed by atoms with Crippen LogP contribution in [0.1, 0.15) is 5.69 Å². The second-order valence-electron chi connectivity index (χ2n) is 2.71. The quantitative estimate of drug-likeness (QED) is 0.706. The van der Waals surface area contributed by atoms with E-state index in [0.29, 0.717) is 4.64 Å². The van der Waals surface area contributed by atoms with Crippen LogP contribution in [0.5, 0.6) is 0 Å². The van der Waals surface area contributed by atoms with Crippen molar-refractivity contribution in [1.82, 2.24) is 10.2 Å². The molecule has 2 aromatic heterocycles. The van der Waals surface area contributed by atoms with Crippen LogP contribution in [0.2, 0.25) is 0 Å². The fourth-order valence-corrected chi connectivity index (χ4v) is 1.31. The van der Waals surface area contributed by atoms with Gasteiger partial charge in [-0.05, 0) is 25.1 Å². The topological polar surface area (TPSA) is 41.8 Å². The van der Waals surface area contributed by atoms with Gasteiger partial charge in [-0.15, -0.1) is 0 Å². The predicted molar refractivity (Wildman–Crippen MR) is 51.9 cm³/mol. The Bertz CT molecular complexity index is 459. The van der Waals surface area contributed by atoms with Gasteiger partial charge in [-0.3, -0.25) is 5.10 Å². The van der Waals surface area contributed by atoms with Gasteiger partial charge in [-0.25, -0.2) is 0 Å². The summed E-state index contributed by atoms with van der Waals surface area (Å²) >= 11 is 4.97. The molecule has 1 N–H and O–H groups in total. The Balaban J connectivity index is 2.64. The summed E-state index contributed by atoms with van der Waals surface area (Å²) in [5, 5.41) is 6.77. The lowest BCUT2D eigenvalue weighted by Crippen LogP contribution is -1.89. The van der Waals surface area contributed by atoms with Crippen LogP contribution in [-0.4, -0.2) is 10.2 Å². The molecule has 0 bridgehead atoms. The highest BCUT2D eigenvalue weighted by molar-refractivity contribution is 7.71. The normalized spacial score (nSPS) is 10.2. The molecule has 0 saturated heterocycles. The summed E-state index contributed by atoms with van der Waals surface area (Å²) in [6.45, 7) is 1.91. The van der Waals surface area contributed by atoms with Gasteiger partial charge < -0.3 is 4.42 Å². The van der Waals surface area contributed by atoms with E-state index in [9.17, 15) is 0 Å². The smallest absolute Gasteiger partial charge is 0.135 e. The Morgan fingerprint density at radius 2 is 2.38 bits per heavy atom. The van der Waals surface area contributed by atoms with Crippen molar-refractivity contribution in [3.8, 4) is 11.3 Å². The molecule has 13 heavy (non-hydrogen) atoms. The molecule has 4 heteroatoms. The second-order valence-corrected chi connectivity index (χ2v) is 3.15. The van der Waals surface area contributed by atoms with Crippen molar-refractivity contribution in [1.29, 1.82) is 0 Å². The summed E-state index contributed by atoms with van der Waals surface area (Å²) in [7, 11) is 0. The van der Waals surface area contributed by atoms with Gasteiger partial charge in [0.1, 0.15) is 10.4 Å². The maximum absolute atomic E-state index is 5.26. The average Bonchev–Trinajstić information content (AvgIpc) is 2.61. The molecule has 0 fully saturated rings. The molecular weight excluding hydrogens is 184 g/mol. The second kappa shape index (κ2) is 3.14. The molecule has 0 amide bonds. The minimum absolute atomic E-state index is 0.608. The lowest BCUT2D eigenvalue weighted by molar-refractivity contribution is 0.581. The van der Waals surface area contributed by atoms with Crippen LogP contribution in [0, 0.1) is 11.6 Å². The van der Waals surface area contributed by atoms with Crippen molar-refractivity contribution in [2.24, 2.45) is 0 Å². The van der Waals surface area contributed by atoms with E-state index in [2.05, 4.69) is 10.2 Å². The Morgan fingerprint density at radius 3 is 3.08 bits per heavy atom. The van der Waals surface area contributed by atoms with E-state index in [1.807, 2.05) is 25.1 Å². The van der Waals surface area contributed by atoms with E-state index < -0.39 is 0 Å². The molecule has 66 valence electrons. The van der Waals surface area contributed by atoms with Gasteiger partial charge in [0.2, 0.25) is 0 Å². The van der Waals surface area contributed by atoms with Gasteiger partial charge in [0.25, 0.3) is 0 Å². The van der Waals surface area contributed by atoms with Gasteiger partial charge >= 0.3 is 0 Å². The van der Waals surface area contributed by atoms with Crippen LogP contribution in [-0.2, 0) is 0 Å².